The minimum absolute atomic E-state index is 0. The molecule has 0 N–H and O–H groups in total. The molecule has 0 aliphatic carbocycles. The second kappa shape index (κ2) is 13.1. The summed E-state index contributed by atoms with van der Waals surface area (Å²) in [4.78, 5) is 2.43. The molecule has 0 aromatic heterocycles. The first-order valence-electron chi connectivity index (χ1n) is 10.5. The van der Waals surface area contributed by atoms with Gasteiger partial charge in [0.05, 0.1) is 18.3 Å². The summed E-state index contributed by atoms with van der Waals surface area (Å²) in [7, 11) is 5.58. The van der Waals surface area contributed by atoms with Crippen LogP contribution >= 0.6 is 47.5 Å². The van der Waals surface area contributed by atoms with Crippen LogP contribution < -0.4 is 9.47 Å². The predicted molar refractivity (Wildman–Crippen MR) is 140 cm³/mol. The van der Waals surface area contributed by atoms with Gasteiger partial charge in [-0.25, -0.2) is 0 Å². The van der Waals surface area contributed by atoms with Gasteiger partial charge in [0.1, 0.15) is 0 Å². The number of halogens is 2. The molecule has 0 spiro atoms. The summed E-state index contributed by atoms with van der Waals surface area (Å²) in [6.45, 7) is 2.13. The van der Waals surface area contributed by atoms with Crippen LogP contribution in [0.15, 0.2) is 42.5 Å². The minimum atomic E-state index is 0. The summed E-state index contributed by atoms with van der Waals surface area (Å²) in [5.74, 6) is 4.06. The van der Waals surface area contributed by atoms with Crippen LogP contribution in [0.1, 0.15) is 30.4 Å². The van der Waals surface area contributed by atoms with Crippen molar-refractivity contribution in [2.45, 2.75) is 29.8 Å². The van der Waals surface area contributed by atoms with Crippen molar-refractivity contribution in [3.63, 3.8) is 0 Å². The van der Waals surface area contributed by atoms with E-state index < -0.39 is 0 Å². The van der Waals surface area contributed by atoms with Gasteiger partial charge >= 0.3 is 0 Å². The zero-order valence-electron chi connectivity index (χ0n) is 18.6. The van der Waals surface area contributed by atoms with Crippen LogP contribution in [0, 0.1) is 0 Å². The fraction of sp³-hybridized carbons (Fsp3) is 0.500. The zero-order valence-corrected chi connectivity index (χ0v) is 21.8. The Morgan fingerprint density at radius 2 is 1.65 bits per heavy atom. The van der Waals surface area contributed by atoms with Crippen molar-refractivity contribution < 1.29 is 9.47 Å². The standard InChI is InChI=1S/C24H32ClNO2S2.ClH/c1-26(15-12-19-6-11-22(27-2)23(18-19)28-3)14-4-13-24(29-16-5-17-30-24)20-7-9-21(25)10-8-20;/h6-11,18H,4-5,12-17H2,1-3H3;1H. The molecular formula is C24H33Cl2NO2S2. The van der Waals surface area contributed by atoms with Gasteiger partial charge in [-0.1, -0.05) is 29.8 Å². The molecule has 31 heavy (non-hydrogen) atoms. The molecule has 1 saturated heterocycles. The van der Waals surface area contributed by atoms with Crippen LogP contribution in [0.4, 0.5) is 0 Å². The topological polar surface area (TPSA) is 21.7 Å². The van der Waals surface area contributed by atoms with Gasteiger partial charge in [0.2, 0.25) is 0 Å². The van der Waals surface area contributed by atoms with Crippen molar-refractivity contribution in [2.24, 2.45) is 0 Å². The Hall–Kier alpha value is -0.720. The molecule has 0 radical (unpaired) electrons. The first-order valence-corrected chi connectivity index (χ1v) is 12.8. The number of methoxy groups -OCH3 is 2. The second-order valence-electron chi connectivity index (χ2n) is 7.66. The quantitative estimate of drug-likeness (QED) is 0.357. The van der Waals surface area contributed by atoms with Crippen molar-refractivity contribution in [3.8, 4) is 11.5 Å². The number of hydrogen-bond donors (Lipinski definition) is 0. The van der Waals surface area contributed by atoms with E-state index in [2.05, 4.69) is 59.7 Å². The second-order valence-corrected chi connectivity index (χ2v) is 11.1. The fourth-order valence-corrected chi connectivity index (χ4v) is 7.35. The van der Waals surface area contributed by atoms with Gasteiger partial charge in [0.15, 0.2) is 11.5 Å². The lowest BCUT2D eigenvalue weighted by Gasteiger charge is -2.37. The molecule has 0 unspecified atom stereocenters. The van der Waals surface area contributed by atoms with E-state index in [-0.39, 0.29) is 16.5 Å². The molecule has 0 amide bonds. The lowest BCUT2D eigenvalue weighted by molar-refractivity contribution is 0.327. The van der Waals surface area contributed by atoms with E-state index in [1.54, 1.807) is 14.2 Å². The molecule has 0 bridgehead atoms. The van der Waals surface area contributed by atoms with Gasteiger partial charge in [0.25, 0.3) is 0 Å². The normalized spacial score (nSPS) is 15.4. The fourth-order valence-electron chi connectivity index (χ4n) is 3.78. The number of likely N-dealkylation sites (N-methyl/N-ethyl adjacent to an activating group) is 1. The maximum Gasteiger partial charge on any atom is 0.160 e. The first kappa shape index (κ1) is 26.5. The molecule has 3 nitrogen and oxygen atoms in total. The van der Waals surface area contributed by atoms with Crippen LogP contribution in [-0.4, -0.2) is 50.8 Å². The van der Waals surface area contributed by atoms with E-state index >= 15 is 0 Å². The van der Waals surface area contributed by atoms with Crippen molar-refractivity contribution in [3.05, 3.63) is 58.6 Å². The minimum Gasteiger partial charge on any atom is -0.493 e. The Labute approximate surface area is 207 Å². The van der Waals surface area contributed by atoms with E-state index in [4.69, 9.17) is 21.1 Å². The van der Waals surface area contributed by atoms with Crippen LogP contribution in [0.5, 0.6) is 11.5 Å². The van der Waals surface area contributed by atoms with Crippen molar-refractivity contribution in [2.75, 3.05) is 45.9 Å². The molecule has 1 aliphatic heterocycles. The van der Waals surface area contributed by atoms with Gasteiger partial charge in [-0.15, -0.1) is 35.9 Å². The van der Waals surface area contributed by atoms with Gasteiger partial charge in [-0.2, -0.15) is 0 Å². The molecule has 1 aliphatic rings. The monoisotopic (exact) mass is 501 g/mol. The van der Waals surface area contributed by atoms with E-state index in [1.165, 1.54) is 41.9 Å². The number of rotatable bonds is 10. The smallest absolute Gasteiger partial charge is 0.160 e. The van der Waals surface area contributed by atoms with Crippen molar-refractivity contribution >= 4 is 47.5 Å². The summed E-state index contributed by atoms with van der Waals surface area (Å²) in [5, 5.41) is 0.814. The van der Waals surface area contributed by atoms with E-state index in [9.17, 15) is 0 Å². The average molecular weight is 503 g/mol. The third-order valence-corrected chi connectivity index (χ3v) is 9.28. The molecule has 7 heteroatoms. The van der Waals surface area contributed by atoms with Crippen molar-refractivity contribution in [1.29, 1.82) is 0 Å². The molecule has 2 aromatic carbocycles. The molecule has 3 rings (SSSR count). The number of benzene rings is 2. The lowest BCUT2D eigenvalue weighted by atomic mass is 10.1. The number of hydrogen-bond acceptors (Lipinski definition) is 5. The van der Waals surface area contributed by atoms with Gasteiger partial charge in [-0.05, 0) is 86.2 Å². The van der Waals surface area contributed by atoms with E-state index in [0.29, 0.717) is 0 Å². The summed E-state index contributed by atoms with van der Waals surface area (Å²) in [6.07, 6.45) is 4.67. The number of ether oxygens (including phenoxy) is 2. The largest absolute Gasteiger partial charge is 0.493 e. The van der Waals surface area contributed by atoms with Crippen molar-refractivity contribution in [1.82, 2.24) is 4.90 Å². The molecule has 172 valence electrons. The molecule has 1 fully saturated rings. The highest BCUT2D eigenvalue weighted by molar-refractivity contribution is 8.18. The highest BCUT2D eigenvalue weighted by Crippen LogP contribution is 2.53. The molecule has 2 aromatic rings. The SMILES string of the molecule is COc1ccc(CCN(C)CCCC2(c3ccc(Cl)cc3)SCCCS2)cc1OC.Cl. The number of nitrogens with zero attached hydrogens (tertiary/aromatic N) is 1. The summed E-state index contributed by atoms with van der Waals surface area (Å²) in [6, 6.07) is 14.7. The Bertz CT molecular complexity index is 799. The Balaban J connectivity index is 0.00000341. The third kappa shape index (κ3) is 7.40. The van der Waals surface area contributed by atoms with Gasteiger partial charge < -0.3 is 14.4 Å². The van der Waals surface area contributed by atoms with Crippen LogP contribution in [0.2, 0.25) is 5.02 Å². The predicted octanol–water partition coefficient (Wildman–Crippen LogP) is 6.76. The Morgan fingerprint density at radius 3 is 2.29 bits per heavy atom. The maximum atomic E-state index is 6.13. The summed E-state index contributed by atoms with van der Waals surface area (Å²) >= 11 is 10.4. The molecular weight excluding hydrogens is 469 g/mol. The zero-order chi connectivity index (χ0) is 21.4. The molecule has 0 saturated carbocycles. The average Bonchev–Trinajstić information content (AvgIpc) is 2.78. The summed E-state index contributed by atoms with van der Waals surface area (Å²) in [5.41, 5.74) is 2.69. The lowest BCUT2D eigenvalue weighted by Crippen LogP contribution is -2.27. The van der Waals surface area contributed by atoms with Crippen LogP contribution in [0.3, 0.4) is 0 Å². The Morgan fingerprint density at radius 1 is 0.968 bits per heavy atom. The van der Waals surface area contributed by atoms with Gasteiger partial charge in [-0.3, -0.25) is 0 Å². The first-order chi connectivity index (χ1) is 14.6. The molecule has 0 atom stereocenters. The third-order valence-electron chi connectivity index (χ3n) is 5.52. The number of thioether (sulfide) groups is 2. The van der Waals surface area contributed by atoms with E-state index in [0.717, 1.165) is 36.0 Å². The van der Waals surface area contributed by atoms with Crippen LogP contribution in [-0.2, 0) is 10.5 Å². The maximum absolute atomic E-state index is 6.13. The molecule has 1 heterocycles. The van der Waals surface area contributed by atoms with Crippen LogP contribution in [0.25, 0.3) is 0 Å². The highest BCUT2D eigenvalue weighted by Gasteiger charge is 2.35. The summed E-state index contributed by atoms with van der Waals surface area (Å²) < 4.78 is 10.9. The van der Waals surface area contributed by atoms with Gasteiger partial charge in [0, 0.05) is 11.6 Å². The highest BCUT2D eigenvalue weighted by atomic mass is 35.5. The van der Waals surface area contributed by atoms with E-state index in [1.807, 2.05) is 18.2 Å². The Kier molecular flexibility index (Phi) is 11.2.